The van der Waals surface area contributed by atoms with Crippen molar-refractivity contribution in [3.63, 3.8) is 0 Å². The number of hydrogen-bond acceptors (Lipinski definition) is 3. The summed E-state index contributed by atoms with van der Waals surface area (Å²) in [7, 11) is 2.13. The number of likely N-dealkylation sites (N-methyl/N-ethyl adjacent to an activating group) is 1. The zero-order chi connectivity index (χ0) is 14.0. The van der Waals surface area contributed by atoms with Gasteiger partial charge in [0.2, 0.25) is 0 Å². The summed E-state index contributed by atoms with van der Waals surface area (Å²) >= 11 is 1.85. The fraction of sp³-hybridized carbons (Fsp3) is 0.923. The van der Waals surface area contributed by atoms with E-state index < -0.39 is 0 Å². The van der Waals surface area contributed by atoms with E-state index in [9.17, 15) is 0 Å². The lowest BCUT2D eigenvalue weighted by Gasteiger charge is -2.21. The van der Waals surface area contributed by atoms with E-state index in [1.807, 2.05) is 11.8 Å². The number of aliphatic imine (C=N–C) groups is 1. The van der Waals surface area contributed by atoms with Gasteiger partial charge < -0.3 is 15.5 Å². The first kappa shape index (κ1) is 21.6. The first-order valence-electron chi connectivity index (χ1n) is 6.71. The summed E-state index contributed by atoms with van der Waals surface area (Å²) in [6.45, 7) is 13.5. The SMILES string of the molecule is CCNC(=NCC(C)(C)SC)NCCN(C)CC.I. The molecule has 4 nitrogen and oxygen atoms in total. The van der Waals surface area contributed by atoms with Crippen molar-refractivity contribution in [2.45, 2.75) is 32.4 Å². The van der Waals surface area contributed by atoms with Crippen LogP contribution in [0.1, 0.15) is 27.7 Å². The molecule has 0 aliphatic heterocycles. The van der Waals surface area contributed by atoms with Gasteiger partial charge in [0.1, 0.15) is 0 Å². The van der Waals surface area contributed by atoms with Gasteiger partial charge in [0.05, 0.1) is 6.54 Å². The van der Waals surface area contributed by atoms with Crippen LogP contribution in [0, 0.1) is 0 Å². The summed E-state index contributed by atoms with van der Waals surface area (Å²) in [6, 6.07) is 0. The van der Waals surface area contributed by atoms with Crippen molar-refractivity contribution in [3.8, 4) is 0 Å². The number of rotatable bonds is 8. The molecular weight excluding hydrogens is 371 g/mol. The lowest BCUT2D eigenvalue weighted by molar-refractivity contribution is 0.357. The highest BCUT2D eigenvalue weighted by molar-refractivity contribution is 14.0. The highest BCUT2D eigenvalue weighted by atomic mass is 127. The molecule has 0 fully saturated rings. The fourth-order valence-corrected chi connectivity index (χ4v) is 1.39. The molecule has 0 radical (unpaired) electrons. The number of hydrogen-bond donors (Lipinski definition) is 2. The highest BCUT2D eigenvalue weighted by Gasteiger charge is 2.15. The summed E-state index contributed by atoms with van der Waals surface area (Å²) in [4.78, 5) is 6.91. The van der Waals surface area contributed by atoms with E-state index in [2.05, 4.69) is 61.5 Å². The highest BCUT2D eigenvalue weighted by Crippen LogP contribution is 2.20. The number of guanidine groups is 1. The maximum Gasteiger partial charge on any atom is 0.191 e. The van der Waals surface area contributed by atoms with Gasteiger partial charge >= 0.3 is 0 Å². The van der Waals surface area contributed by atoms with Crippen molar-refractivity contribution in [1.29, 1.82) is 0 Å². The van der Waals surface area contributed by atoms with Gasteiger partial charge in [0, 0.05) is 24.4 Å². The van der Waals surface area contributed by atoms with E-state index in [0.29, 0.717) is 0 Å². The molecule has 0 aromatic carbocycles. The standard InChI is InChI=1S/C13H30N4S.HI/c1-7-14-12(15-9-10-17(5)8-2)16-11-13(3,4)18-6;/h7-11H2,1-6H3,(H2,14,15,16);1H. The molecule has 0 heterocycles. The van der Waals surface area contributed by atoms with Gasteiger partial charge in [-0.25, -0.2) is 0 Å². The molecule has 0 aliphatic rings. The zero-order valence-electron chi connectivity index (χ0n) is 13.2. The Labute approximate surface area is 140 Å². The van der Waals surface area contributed by atoms with Gasteiger partial charge in [0.25, 0.3) is 0 Å². The molecule has 0 aromatic heterocycles. The van der Waals surface area contributed by atoms with E-state index >= 15 is 0 Å². The Morgan fingerprint density at radius 3 is 2.37 bits per heavy atom. The van der Waals surface area contributed by atoms with Gasteiger partial charge in [-0.15, -0.1) is 24.0 Å². The largest absolute Gasteiger partial charge is 0.357 e. The number of thioether (sulfide) groups is 1. The second kappa shape index (κ2) is 12.1. The van der Waals surface area contributed by atoms with Crippen molar-refractivity contribution < 1.29 is 0 Å². The van der Waals surface area contributed by atoms with Crippen molar-refractivity contribution in [1.82, 2.24) is 15.5 Å². The minimum absolute atomic E-state index is 0. The molecule has 19 heavy (non-hydrogen) atoms. The van der Waals surface area contributed by atoms with E-state index in [0.717, 1.165) is 38.7 Å². The van der Waals surface area contributed by atoms with Crippen LogP contribution >= 0.6 is 35.7 Å². The van der Waals surface area contributed by atoms with Gasteiger partial charge in [-0.3, -0.25) is 4.99 Å². The lowest BCUT2D eigenvalue weighted by atomic mass is 10.2. The monoisotopic (exact) mass is 402 g/mol. The Morgan fingerprint density at radius 1 is 1.26 bits per heavy atom. The average Bonchev–Trinajstić information content (AvgIpc) is 2.35. The quantitative estimate of drug-likeness (QED) is 0.371. The van der Waals surface area contributed by atoms with Gasteiger partial charge in [-0.1, -0.05) is 6.92 Å². The lowest BCUT2D eigenvalue weighted by Crippen LogP contribution is -2.41. The predicted octanol–water partition coefficient (Wildman–Crippen LogP) is 2.25. The van der Waals surface area contributed by atoms with Crippen molar-refractivity contribution in [2.24, 2.45) is 4.99 Å². The smallest absolute Gasteiger partial charge is 0.191 e. The average molecular weight is 402 g/mol. The van der Waals surface area contributed by atoms with Crippen molar-refractivity contribution in [3.05, 3.63) is 0 Å². The van der Waals surface area contributed by atoms with Crippen molar-refractivity contribution in [2.75, 3.05) is 46.0 Å². The van der Waals surface area contributed by atoms with Crippen LogP contribution in [0.15, 0.2) is 4.99 Å². The maximum absolute atomic E-state index is 4.63. The van der Waals surface area contributed by atoms with Crippen molar-refractivity contribution >= 4 is 41.7 Å². The molecule has 2 N–H and O–H groups in total. The third-order valence-corrected chi connectivity index (χ3v) is 4.07. The predicted molar refractivity (Wildman–Crippen MR) is 100 cm³/mol. The molecule has 0 saturated carbocycles. The summed E-state index contributed by atoms with van der Waals surface area (Å²) in [5.41, 5.74) is 0. The van der Waals surface area contributed by atoms with Crippen LogP contribution in [-0.2, 0) is 0 Å². The van der Waals surface area contributed by atoms with Crippen LogP contribution in [-0.4, -0.2) is 61.6 Å². The third kappa shape index (κ3) is 11.8. The maximum atomic E-state index is 4.63. The molecule has 0 aromatic rings. The molecule has 0 unspecified atom stereocenters. The third-order valence-electron chi connectivity index (χ3n) is 2.84. The van der Waals surface area contributed by atoms with Crippen LogP contribution < -0.4 is 10.6 Å². The molecule has 6 heteroatoms. The number of nitrogens with one attached hydrogen (secondary N) is 2. The second-order valence-corrected chi connectivity index (χ2v) is 6.50. The molecule has 0 atom stereocenters. The molecule has 116 valence electrons. The molecule has 0 aliphatic carbocycles. The molecule has 0 saturated heterocycles. The molecule has 0 amide bonds. The molecule has 0 rings (SSSR count). The Bertz CT molecular complexity index is 247. The zero-order valence-corrected chi connectivity index (χ0v) is 16.4. The van der Waals surface area contributed by atoms with Crippen LogP contribution in [0.3, 0.4) is 0 Å². The van der Waals surface area contributed by atoms with E-state index in [1.165, 1.54) is 0 Å². The van der Waals surface area contributed by atoms with Gasteiger partial charge in [-0.05, 0) is 40.6 Å². The van der Waals surface area contributed by atoms with Crippen LogP contribution in [0.2, 0.25) is 0 Å². The van der Waals surface area contributed by atoms with Crippen LogP contribution in [0.5, 0.6) is 0 Å². The van der Waals surface area contributed by atoms with Gasteiger partial charge in [-0.2, -0.15) is 11.8 Å². The minimum Gasteiger partial charge on any atom is -0.357 e. The van der Waals surface area contributed by atoms with Crippen LogP contribution in [0.25, 0.3) is 0 Å². The Balaban J connectivity index is 0. The first-order chi connectivity index (χ1) is 8.45. The van der Waals surface area contributed by atoms with Gasteiger partial charge in [0.15, 0.2) is 5.96 Å². The molecule has 0 bridgehead atoms. The summed E-state index contributed by atoms with van der Waals surface area (Å²) < 4.78 is 0.197. The second-order valence-electron chi connectivity index (χ2n) is 4.98. The van der Waals surface area contributed by atoms with Crippen LogP contribution in [0.4, 0.5) is 0 Å². The minimum atomic E-state index is 0. The summed E-state index contributed by atoms with van der Waals surface area (Å²) in [5.74, 6) is 0.920. The fourth-order valence-electron chi connectivity index (χ4n) is 1.20. The van der Waals surface area contributed by atoms with E-state index in [4.69, 9.17) is 0 Å². The molecule has 0 spiro atoms. The summed E-state index contributed by atoms with van der Waals surface area (Å²) in [5, 5.41) is 6.65. The first-order valence-corrected chi connectivity index (χ1v) is 7.93. The van der Waals surface area contributed by atoms with E-state index in [-0.39, 0.29) is 28.7 Å². The Kier molecular flexibility index (Phi) is 13.7. The number of nitrogens with zero attached hydrogens (tertiary/aromatic N) is 2. The normalized spacial score (nSPS) is 12.3. The molecular formula is C13H31IN4S. The topological polar surface area (TPSA) is 39.7 Å². The van der Waals surface area contributed by atoms with E-state index in [1.54, 1.807) is 0 Å². The summed E-state index contributed by atoms with van der Waals surface area (Å²) in [6.07, 6.45) is 2.13. The Hall–Kier alpha value is 0.310. The number of halogens is 1. The Morgan fingerprint density at radius 2 is 1.89 bits per heavy atom.